The highest BCUT2D eigenvalue weighted by molar-refractivity contribution is 5.80. The average Bonchev–Trinajstić information content (AvgIpc) is 2.89. The van der Waals surface area contributed by atoms with Gasteiger partial charge in [0, 0.05) is 24.2 Å². The van der Waals surface area contributed by atoms with Crippen molar-refractivity contribution in [3.8, 4) is 0 Å². The van der Waals surface area contributed by atoms with Crippen molar-refractivity contribution >= 4 is 11.0 Å². The van der Waals surface area contributed by atoms with Crippen molar-refractivity contribution in [3.63, 3.8) is 0 Å². The molecule has 116 valence electrons. The first-order valence-electron chi connectivity index (χ1n) is 7.80. The van der Waals surface area contributed by atoms with Gasteiger partial charge in [0.05, 0.1) is 23.3 Å². The van der Waals surface area contributed by atoms with Crippen LogP contribution >= 0.6 is 0 Å². The molecule has 0 radical (unpaired) electrons. The van der Waals surface area contributed by atoms with Crippen molar-refractivity contribution in [1.82, 2.24) is 14.5 Å². The predicted molar refractivity (Wildman–Crippen MR) is 82.4 cm³/mol. The Kier molecular flexibility index (Phi) is 3.23. The third-order valence-electron chi connectivity index (χ3n) is 4.90. The summed E-state index contributed by atoms with van der Waals surface area (Å²) in [6.45, 7) is 2.65. The van der Waals surface area contributed by atoms with Crippen LogP contribution in [0.5, 0.6) is 0 Å². The monoisotopic (exact) mass is 302 g/mol. The van der Waals surface area contributed by atoms with Crippen LogP contribution in [0.3, 0.4) is 0 Å². The van der Waals surface area contributed by atoms with E-state index in [9.17, 15) is 9.18 Å². The molecule has 2 aliphatic heterocycles. The largest absolute Gasteiger partial charge is 0.328 e. The van der Waals surface area contributed by atoms with E-state index in [1.807, 2.05) is 0 Å². The standard InChI is InChI=1S/C16H19FN4O/c17-13-8-19-14-1-2-15(22)21-11(7-12(13)16(14)21)9-20-5-3-10(18)4-6-20/h1-2,8,10-11H,3-7,9,18H2/t11-/m1/s1. The summed E-state index contributed by atoms with van der Waals surface area (Å²) < 4.78 is 15.8. The molecule has 1 saturated heterocycles. The van der Waals surface area contributed by atoms with E-state index >= 15 is 0 Å². The minimum Gasteiger partial charge on any atom is -0.328 e. The maximum atomic E-state index is 14.1. The third-order valence-corrected chi connectivity index (χ3v) is 4.90. The molecule has 0 aliphatic carbocycles. The molecule has 2 N–H and O–H groups in total. The molecule has 0 amide bonds. The summed E-state index contributed by atoms with van der Waals surface area (Å²) in [6, 6.07) is 3.48. The van der Waals surface area contributed by atoms with E-state index in [0.29, 0.717) is 23.0 Å². The van der Waals surface area contributed by atoms with Crippen LogP contribution in [0.2, 0.25) is 0 Å². The molecule has 0 bridgehead atoms. The van der Waals surface area contributed by atoms with Crippen LogP contribution in [0.25, 0.3) is 11.0 Å². The number of hydrogen-bond acceptors (Lipinski definition) is 4. The molecule has 6 heteroatoms. The van der Waals surface area contributed by atoms with Gasteiger partial charge in [0.1, 0.15) is 5.82 Å². The van der Waals surface area contributed by atoms with Crippen LogP contribution in [0.1, 0.15) is 24.4 Å². The summed E-state index contributed by atoms with van der Waals surface area (Å²) in [6.07, 6.45) is 3.78. The van der Waals surface area contributed by atoms with E-state index in [2.05, 4.69) is 9.88 Å². The number of piperidine rings is 1. The first-order valence-corrected chi connectivity index (χ1v) is 7.80. The van der Waals surface area contributed by atoms with Gasteiger partial charge < -0.3 is 15.2 Å². The normalized spacial score (nSPS) is 22.5. The zero-order valence-electron chi connectivity index (χ0n) is 12.3. The predicted octanol–water partition coefficient (Wildman–Crippen LogP) is 1.06. The van der Waals surface area contributed by atoms with Crippen LogP contribution in [-0.2, 0) is 6.42 Å². The molecule has 0 unspecified atom stereocenters. The van der Waals surface area contributed by atoms with E-state index in [1.165, 1.54) is 12.3 Å². The Bertz CT molecular complexity index is 780. The summed E-state index contributed by atoms with van der Waals surface area (Å²) >= 11 is 0. The van der Waals surface area contributed by atoms with Gasteiger partial charge in [0.25, 0.3) is 5.56 Å². The topological polar surface area (TPSA) is 64.2 Å². The van der Waals surface area contributed by atoms with E-state index in [0.717, 1.165) is 32.5 Å². The minimum absolute atomic E-state index is 0.0146. The van der Waals surface area contributed by atoms with Crippen molar-refractivity contribution in [3.05, 3.63) is 40.1 Å². The number of halogens is 1. The van der Waals surface area contributed by atoms with Gasteiger partial charge in [-0.05, 0) is 38.4 Å². The van der Waals surface area contributed by atoms with E-state index in [1.54, 1.807) is 10.6 Å². The van der Waals surface area contributed by atoms with Crippen LogP contribution in [0, 0.1) is 5.82 Å². The van der Waals surface area contributed by atoms with E-state index in [-0.39, 0.29) is 23.5 Å². The number of hydrogen-bond donors (Lipinski definition) is 1. The molecule has 2 aliphatic rings. The Morgan fingerprint density at radius 3 is 2.86 bits per heavy atom. The fraction of sp³-hybridized carbons (Fsp3) is 0.500. The summed E-state index contributed by atoms with van der Waals surface area (Å²) in [4.78, 5) is 18.7. The lowest BCUT2D eigenvalue weighted by Crippen LogP contribution is -2.42. The van der Waals surface area contributed by atoms with Crippen molar-refractivity contribution in [2.45, 2.75) is 31.3 Å². The number of likely N-dealkylation sites (tertiary alicyclic amines) is 1. The van der Waals surface area contributed by atoms with E-state index in [4.69, 9.17) is 5.73 Å². The molecule has 4 rings (SSSR count). The zero-order chi connectivity index (χ0) is 15.3. The molecule has 5 nitrogen and oxygen atoms in total. The van der Waals surface area contributed by atoms with Gasteiger partial charge in [-0.2, -0.15) is 0 Å². The van der Waals surface area contributed by atoms with Crippen molar-refractivity contribution in [2.75, 3.05) is 19.6 Å². The lowest BCUT2D eigenvalue weighted by atomic mass is 10.0. The number of nitrogens with zero attached hydrogens (tertiary/aromatic N) is 3. The quantitative estimate of drug-likeness (QED) is 0.901. The Balaban J connectivity index is 1.70. The maximum absolute atomic E-state index is 14.1. The van der Waals surface area contributed by atoms with Crippen LogP contribution in [0.15, 0.2) is 23.1 Å². The molecule has 4 heterocycles. The van der Waals surface area contributed by atoms with Crippen molar-refractivity contribution in [1.29, 1.82) is 0 Å². The third kappa shape index (κ3) is 2.14. The molecule has 0 spiro atoms. The smallest absolute Gasteiger partial charge is 0.251 e. The minimum atomic E-state index is -0.310. The highest BCUT2D eigenvalue weighted by Gasteiger charge is 2.30. The second kappa shape index (κ2) is 5.14. The summed E-state index contributed by atoms with van der Waals surface area (Å²) in [7, 11) is 0. The second-order valence-electron chi connectivity index (χ2n) is 6.36. The molecule has 0 saturated carbocycles. The summed E-state index contributed by atoms with van der Waals surface area (Å²) in [5.74, 6) is -0.310. The molecule has 1 atom stereocenters. The lowest BCUT2D eigenvalue weighted by molar-refractivity contribution is 0.186. The van der Waals surface area contributed by atoms with Crippen molar-refractivity contribution in [2.24, 2.45) is 5.73 Å². The SMILES string of the molecule is NC1CCN(C[C@H]2Cc3c(F)cnc4ccc(=O)n2c34)CC1. The van der Waals surface area contributed by atoms with Gasteiger partial charge in [-0.1, -0.05) is 0 Å². The van der Waals surface area contributed by atoms with E-state index < -0.39 is 0 Å². The fourth-order valence-corrected chi connectivity index (χ4v) is 3.73. The highest BCUT2D eigenvalue weighted by atomic mass is 19.1. The summed E-state index contributed by atoms with van der Waals surface area (Å²) in [5.41, 5.74) is 7.86. The lowest BCUT2D eigenvalue weighted by Gasteiger charge is -2.32. The average molecular weight is 302 g/mol. The molecule has 1 fully saturated rings. The maximum Gasteiger partial charge on any atom is 0.251 e. The first kappa shape index (κ1) is 13.8. The summed E-state index contributed by atoms with van der Waals surface area (Å²) in [5, 5.41) is 0. The van der Waals surface area contributed by atoms with Gasteiger partial charge in [0.2, 0.25) is 0 Å². The van der Waals surface area contributed by atoms with Gasteiger partial charge in [-0.25, -0.2) is 4.39 Å². The number of pyridine rings is 2. The molecule has 2 aromatic rings. The Morgan fingerprint density at radius 1 is 1.32 bits per heavy atom. The Morgan fingerprint density at radius 2 is 2.09 bits per heavy atom. The molecular weight excluding hydrogens is 283 g/mol. The van der Waals surface area contributed by atoms with Crippen LogP contribution in [0.4, 0.5) is 4.39 Å². The number of aromatic nitrogens is 2. The van der Waals surface area contributed by atoms with Crippen LogP contribution in [-0.4, -0.2) is 40.1 Å². The van der Waals surface area contributed by atoms with Crippen molar-refractivity contribution < 1.29 is 4.39 Å². The van der Waals surface area contributed by atoms with Gasteiger partial charge in [-0.15, -0.1) is 0 Å². The molecular formula is C16H19FN4O. The van der Waals surface area contributed by atoms with Gasteiger partial charge in [-0.3, -0.25) is 9.78 Å². The molecule has 2 aromatic heterocycles. The van der Waals surface area contributed by atoms with Crippen LogP contribution < -0.4 is 11.3 Å². The Labute approximate surface area is 127 Å². The number of nitrogens with two attached hydrogens (primary N) is 1. The highest BCUT2D eigenvalue weighted by Crippen LogP contribution is 2.32. The van der Waals surface area contributed by atoms with Gasteiger partial charge in [0.15, 0.2) is 0 Å². The van der Waals surface area contributed by atoms with Gasteiger partial charge >= 0.3 is 0 Å². The Hall–Kier alpha value is -1.79. The molecule has 22 heavy (non-hydrogen) atoms. The zero-order valence-corrected chi connectivity index (χ0v) is 12.3. The number of rotatable bonds is 2. The fourth-order valence-electron chi connectivity index (χ4n) is 3.73. The second-order valence-corrected chi connectivity index (χ2v) is 6.36. The molecule has 0 aromatic carbocycles. The first-order chi connectivity index (χ1) is 10.6.